The molecule has 176 valence electrons. The van der Waals surface area contributed by atoms with E-state index in [-0.39, 0.29) is 17.1 Å². The number of ketones is 1. The average molecular weight is 487 g/mol. The fourth-order valence-electron chi connectivity index (χ4n) is 4.43. The van der Waals surface area contributed by atoms with Crippen LogP contribution in [0.3, 0.4) is 0 Å². The van der Waals surface area contributed by atoms with Gasteiger partial charge in [-0.05, 0) is 60.9 Å². The van der Waals surface area contributed by atoms with Crippen LogP contribution >= 0.6 is 11.3 Å². The molecule has 1 saturated heterocycles. The van der Waals surface area contributed by atoms with Gasteiger partial charge in [0.2, 0.25) is 0 Å². The maximum atomic E-state index is 13.4. The number of phenolic OH excluding ortho intramolecular Hbond substituents is 1. The fraction of sp³-hybridized carbons (Fsp3) is 0.148. The number of thiazole rings is 1. The highest BCUT2D eigenvalue weighted by Crippen LogP contribution is 2.45. The van der Waals surface area contributed by atoms with E-state index in [2.05, 4.69) is 0 Å². The predicted molar refractivity (Wildman–Crippen MR) is 135 cm³/mol. The number of aromatic nitrogens is 1. The van der Waals surface area contributed by atoms with Crippen LogP contribution in [0.25, 0.3) is 16.0 Å². The third kappa shape index (κ3) is 3.81. The number of carbonyl (C=O) groups excluding carboxylic acids is 2. The summed E-state index contributed by atoms with van der Waals surface area (Å²) in [5, 5.41) is 21.8. The summed E-state index contributed by atoms with van der Waals surface area (Å²) in [4.78, 5) is 32.7. The minimum Gasteiger partial charge on any atom is -0.508 e. The van der Waals surface area contributed by atoms with Gasteiger partial charge in [-0.25, -0.2) is 4.98 Å². The molecule has 0 spiro atoms. The van der Waals surface area contributed by atoms with E-state index in [1.165, 1.54) is 35.5 Å². The zero-order chi connectivity index (χ0) is 24.9. The van der Waals surface area contributed by atoms with Gasteiger partial charge in [0, 0.05) is 5.56 Å². The number of phenols is 1. The van der Waals surface area contributed by atoms with Crippen LogP contribution in [-0.4, -0.2) is 34.0 Å². The van der Waals surface area contributed by atoms with Gasteiger partial charge in [-0.3, -0.25) is 14.5 Å². The topological polar surface area (TPSA) is 100.0 Å². The first-order valence-corrected chi connectivity index (χ1v) is 11.7. The Hall–Kier alpha value is -4.17. The smallest absolute Gasteiger partial charge is 0.301 e. The van der Waals surface area contributed by atoms with Crippen LogP contribution in [0, 0.1) is 13.8 Å². The average Bonchev–Trinajstić information content (AvgIpc) is 3.37. The van der Waals surface area contributed by atoms with Gasteiger partial charge in [-0.1, -0.05) is 41.7 Å². The second-order valence-corrected chi connectivity index (χ2v) is 9.43. The summed E-state index contributed by atoms with van der Waals surface area (Å²) < 4.78 is 6.14. The van der Waals surface area contributed by atoms with E-state index in [1.54, 1.807) is 36.4 Å². The number of benzene rings is 3. The summed E-state index contributed by atoms with van der Waals surface area (Å²) >= 11 is 1.30. The number of rotatable bonds is 4. The van der Waals surface area contributed by atoms with Crippen LogP contribution in [0.15, 0.2) is 66.2 Å². The SMILES string of the molecule is COc1cccc(C(O)=C2C(=O)C(=O)N(c3nc4c(C)cc(C)cc4s3)C2c2cccc(O)c2)c1. The number of fused-ring (bicyclic) bond motifs is 1. The monoisotopic (exact) mass is 486 g/mol. The number of amides is 1. The number of nitrogens with zero attached hydrogens (tertiary/aromatic N) is 2. The lowest BCUT2D eigenvalue weighted by Crippen LogP contribution is -2.29. The van der Waals surface area contributed by atoms with Crippen molar-refractivity contribution in [1.29, 1.82) is 0 Å². The molecule has 1 aliphatic heterocycles. The van der Waals surface area contributed by atoms with Crippen molar-refractivity contribution in [3.8, 4) is 11.5 Å². The number of aromatic hydroxyl groups is 1. The predicted octanol–water partition coefficient (Wildman–Crippen LogP) is 5.25. The van der Waals surface area contributed by atoms with Gasteiger partial charge in [0.25, 0.3) is 5.78 Å². The molecule has 1 unspecified atom stereocenters. The molecule has 7 nitrogen and oxygen atoms in total. The number of aliphatic hydroxyl groups excluding tert-OH is 1. The Morgan fingerprint density at radius 2 is 1.83 bits per heavy atom. The summed E-state index contributed by atoms with van der Waals surface area (Å²) in [5.74, 6) is -1.48. The van der Waals surface area contributed by atoms with E-state index < -0.39 is 17.7 Å². The largest absolute Gasteiger partial charge is 0.508 e. The Bertz CT molecular complexity index is 1540. The lowest BCUT2D eigenvalue weighted by Gasteiger charge is -2.23. The lowest BCUT2D eigenvalue weighted by atomic mass is 9.95. The number of Topliss-reactive ketones (excluding diaryl/α,β-unsaturated/α-hetero) is 1. The Morgan fingerprint density at radius 3 is 2.57 bits per heavy atom. The fourth-order valence-corrected chi connectivity index (χ4v) is 5.60. The minimum absolute atomic E-state index is 0.0229. The first kappa shape index (κ1) is 22.6. The maximum Gasteiger partial charge on any atom is 0.301 e. The van der Waals surface area contributed by atoms with Gasteiger partial charge in [-0.2, -0.15) is 0 Å². The Labute approximate surface area is 205 Å². The number of hydrogen-bond acceptors (Lipinski definition) is 7. The van der Waals surface area contributed by atoms with Crippen molar-refractivity contribution >= 4 is 44.1 Å². The number of hydrogen-bond donors (Lipinski definition) is 2. The van der Waals surface area contributed by atoms with E-state index in [1.807, 2.05) is 26.0 Å². The zero-order valence-electron chi connectivity index (χ0n) is 19.3. The van der Waals surface area contributed by atoms with Crippen LogP contribution in [0.1, 0.15) is 28.3 Å². The Kier molecular flexibility index (Phi) is 5.53. The minimum atomic E-state index is -0.977. The van der Waals surface area contributed by atoms with Gasteiger partial charge < -0.3 is 14.9 Å². The zero-order valence-corrected chi connectivity index (χ0v) is 20.1. The number of aryl methyl sites for hydroxylation is 2. The lowest BCUT2D eigenvalue weighted by molar-refractivity contribution is -0.132. The molecule has 1 aromatic heterocycles. The van der Waals surface area contributed by atoms with Gasteiger partial charge in [0.15, 0.2) is 5.13 Å². The van der Waals surface area contributed by atoms with Crippen LogP contribution in [0.2, 0.25) is 0 Å². The van der Waals surface area contributed by atoms with Crippen LogP contribution < -0.4 is 9.64 Å². The normalized spacial score (nSPS) is 17.3. The Morgan fingerprint density at radius 1 is 1.06 bits per heavy atom. The quantitative estimate of drug-likeness (QED) is 0.232. The van der Waals surface area contributed by atoms with Crippen molar-refractivity contribution in [2.45, 2.75) is 19.9 Å². The van der Waals surface area contributed by atoms with Crippen LogP contribution in [0.4, 0.5) is 5.13 Å². The molecule has 0 aliphatic carbocycles. The summed E-state index contributed by atoms with van der Waals surface area (Å²) in [6.07, 6.45) is 0. The molecule has 0 saturated carbocycles. The summed E-state index contributed by atoms with van der Waals surface area (Å²) in [5.41, 5.74) is 3.50. The first-order chi connectivity index (χ1) is 16.8. The van der Waals surface area contributed by atoms with Gasteiger partial charge in [-0.15, -0.1) is 0 Å². The Balaban J connectivity index is 1.75. The second kappa shape index (κ2) is 8.56. The van der Waals surface area contributed by atoms with Crippen molar-refractivity contribution in [3.05, 3.63) is 88.5 Å². The second-order valence-electron chi connectivity index (χ2n) is 8.42. The van der Waals surface area contributed by atoms with Crippen molar-refractivity contribution in [3.63, 3.8) is 0 Å². The highest BCUT2D eigenvalue weighted by molar-refractivity contribution is 7.22. The van der Waals surface area contributed by atoms with Crippen molar-refractivity contribution in [1.82, 2.24) is 4.98 Å². The summed E-state index contributed by atoms with van der Waals surface area (Å²) in [7, 11) is 1.50. The molecule has 4 aromatic rings. The van der Waals surface area contributed by atoms with E-state index in [4.69, 9.17) is 9.72 Å². The molecule has 3 aromatic carbocycles. The van der Waals surface area contributed by atoms with E-state index in [9.17, 15) is 19.8 Å². The van der Waals surface area contributed by atoms with Gasteiger partial charge >= 0.3 is 5.91 Å². The number of methoxy groups -OCH3 is 1. The van der Waals surface area contributed by atoms with Gasteiger partial charge in [0.05, 0.1) is 28.9 Å². The standard InChI is InChI=1S/C27H22N2O5S/c1-14-10-15(2)22-20(11-14)35-27(28-22)29-23(16-6-4-8-18(30)12-16)21(25(32)26(29)33)24(31)17-7-5-9-19(13-17)34-3/h4-13,23,30-31H,1-3H3. The number of ether oxygens (including phenoxy) is 1. The van der Waals surface area contributed by atoms with Crippen molar-refractivity contribution in [2.75, 3.05) is 12.0 Å². The molecule has 1 aliphatic rings. The van der Waals surface area contributed by atoms with E-state index >= 15 is 0 Å². The number of anilines is 1. The molecule has 1 atom stereocenters. The highest BCUT2D eigenvalue weighted by atomic mass is 32.1. The molecule has 8 heteroatoms. The van der Waals surface area contributed by atoms with Crippen molar-refractivity contribution < 1.29 is 24.5 Å². The van der Waals surface area contributed by atoms with Gasteiger partial charge in [0.1, 0.15) is 17.3 Å². The molecular formula is C27H22N2O5S. The highest BCUT2D eigenvalue weighted by Gasteiger charge is 2.48. The molecule has 0 radical (unpaired) electrons. The summed E-state index contributed by atoms with van der Waals surface area (Å²) in [6, 6.07) is 15.9. The molecule has 2 N–H and O–H groups in total. The molecule has 35 heavy (non-hydrogen) atoms. The van der Waals surface area contributed by atoms with E-state index in [0.717, 1.165) is 21.3 Å². The molecule has 2 heterocycles. The number of carbonyl (C=O) groups is 2. The molecular weight excluding hydrogens is 464 g/mol. The number of aliphatic hydroxyl groups is 1. The third-order valence-corrected chi connectivity index (χ3v) is 7.00. The van der Waals surface area contributed by atoms with Crippen LogP contribution in [0.5, 0.6) is 11.5 Å². The van der Waals surface area contributed by atoms with E-state index in [0.29, 0.717) is 22.0 Å². The molecule has 1 fully saturated rings. The molecule has 0 bridgehead atoms. The summed E-state index contributed by atoms with van der Waals surface area (Å²) in [6.45, 7) is 3.93. The van der Waals surface area contributed by atoms with Crippen molar-refractivity contribution in [2.24, 2.45) is 0 Å². The van der Waals surface area contributed by atoms with Crippen LogP contribution in [-0.2, 0) is 9.59 Å². The third-order valence-electron chi connectivity index (χ3n) is 6.00. The molecule has 5 rings (SSSR count). The first-order valence-electron chi connectivity index (χ1n) is 10.9. The maximum absolute atomic E-state index is 13.4. The molecule has 1 amide bonds.